The molecule has 33 heavy (non-hydrogen) atoms. The molecule has 3 aromatic carbocycles. The third-order valence-electron chi connectivity index (χ3n) is 6.27. The van der Waals surface area contributed by atoms with Gasteiger partial charge in [-0.25, -0.2) is 0 Å². The van der Waals surface area contributed by atoms with Crippen molar-refractivity contribution in [2.24, 2.45) is 0 Å². The zero-order chi connectivity index (χ0) is 23.8. The summed E-state index contributed by atoms with van der Waals surface area (Å²) in [6.45, 7) is 8.29. The lowest BCUT2D eigenvalue weighted by atomic mass is 9.91. The highest BCUT2D eigenvalue weighted by Gasteiger charge is 2.33. The first-order chi connectivity index (χ1) is 15.9. The van der Waals surface area contributed by atoms with E-state index in [0.29, 0.717) is 15.2 Å². The monoisotopic (exact) mass is 463 g/mol. The summed E-state index contributed by atoms with van der Waals surface area (Å²) in [6.07, 6.45) is 2.07. The van der Waals surface area contributed by atoms with Crippen molar-refractivity contribution in [3.8, 4) is 11.5 Å². The minimum absolute atomic E-state index is 0.0170. The predicted molar refractivity (Wildman–Crippen MR) is 143 cm³/mol. The summed E-state index contributed by atoms with van der Waals surface area (Å²) in [5.41, 5.74) is 5.15. The van der Waals surface area contributed by atoms with E-state index < -0.39 is 0 Å². The van der Waals surface area contributed by atoms with Gasteiger partial charge in [-0.15, -0.1) is 0 Å². The fraction of sp³-hybridized carbons (Fsp3) is 0.379. The van der Waals surface area contributed by atoms with Crippen molar-refractivity contribution >= 4 is 13.9 Å². The standard InChI is InChI=1S/C29H38NO2P/c1-7-29(8-2,33-28-17-14-22(3)18-24(28)20-30(4)5)26-19-25(31-6)15-16-27(26)32-21-23-12-10-9-11-13-23/h9-19,33H,7-8,20-21H2,1-6H3. The molecule has 0 heterocycles. The van der Waals surface area contributed by atoms with E-state index in [2.05, 4.69) is 94.4 Å². The summed E-state index contributed by atoms with van der Waals surface area (Å²) in [5, 5.41) is 1.42. The van der Waals surface area contributed by atoms with Gasteiger partial charge in [0.05, 0.1) is 7.11 Å². The minimum Gasteiger partial charge on any atom is -0.497 e. The molecule has 0 radical (unpaired) electrons. The SMILES string of the molecule is CCC(CC)(Pc1ccc(C)cc1CN(C)C)c1cc(OC)ccc1OCc1ccccc1. The van der Waals surface area contributed by atoms with Crippen LogP contribution in [0.25, 0.3) is 0 Å². The van der Waals surface area contributed by atoms with Crippen molar-refractivity contribution < 1.29 is 9.47 Å². The molecule has 3 nitrogen and oxygen atoms in total. The zero-order valence-electron chi connectivity index (χ0n) is 20.9. The number of hydrogen-bond donors (Lipinski definition) is 0. The Bertz CT molecular complexity index is 1030. The molecule has 0 spiro atoms. The van der Waals surface area contributed by atoms with E-state index >= 15 is 0 Å². The number of methoxy groups -OCH3 is 1. The highest BCUT2D eigenvalue weighted by atomic mass is 31.1. The molecule has 0 fully saturated rings. The van der Waals surface area contributed by atoms with Crippen LogP contribution in [-0.2, 0) is 18.3 Å². The largest absolute Gasteiger partial charge is 0.497 e. The molecule has 1 unspecified atom stereocenters. The summed E-state index contributed by atoms with van der Waals surface area (Å²) in [5.74, 6) is 1.84. The Morgan fingerprint density at radius 2 is 1.64 bits per heavy atom. The molecular weight excluding hydrogens is 425 g/mol. The quantitative estimate of drug-likeness (QED) is 0.297. The van der Waals surface area contributed by atoms with Crippen LogP contribution in [0.2, 0.25) is 0 Å². The Kier molecular flexibility index (Phi) is 8.95. The molecular formula is C29H38NO2P. The number of nitrogens with zero attached hydrogens (tertiary/aromatic N) is 1. The van der Waals surface area contributed by atoms with Crippen LogP contribution in [0.4, 0.5) is 0 Å². The Hall–Kier alpha value is -2.35. The van der Waals surface area contributed by atoms with E-state index in [1.54, 1.807) is 7.11 Å². The van der Waals surface area contributed by atoms with E-state index in [4.69, 9.17) is 9.47 Å². The second-order valence-corrected chi connectivity index (χ2v) is 10.7. The van der Waals surface area contributed by atoms with Crippen molar-refractivity contribution in [1.29, 1.82) is 0 Å². The van der Waals surface area contributed by atoms with Crippen molar-refractivity contribution in [3.63, 3.8) is 0 Å². The van der Waals surface area contributed by atoms with Gasteiger partial charge in [-0.05, 0) is 68.5 Å². The third kappa shape index (κ3) is 6.37. The Labute approximate surface area is 201 Å². The summed E-state index contributed by atoms with van der Waals surface area (Å²) < 4.78 is 12.1. The van der Waals surface area contributed by atoms with Crippen LogP contribution in [0.5, 0.6) is 11.5 Å². The highest BCUT2D eigenvalue weighted by molar-refractivity contribution is 7.48. The fourth-order valence-electron chi connectivity index (χ4n) is 4.32. The molecule has 0 aromatic heterocycles. The van der Waals surface area contributed by atoms with E-state index in [-0.39, 0.29) is 5.16 Å². The third-order valence-corrected chi connectivity index (χ3v) is 8.48. The Morgan fingerprint density at radius 3 is 2.27 bits per heavy atom. The van der Waals surface area contributed by atoms with Crippen LogP contribution in [0.15, 0.2) is 66.7 Å². The number of aryl methyl sites for hydroxylation is 1. The fourth-order valence-corrected chi connectivity index (χ4v) is 6.00. The van der Waals surface area contributed by atoms with Crippen molar-refractivity contribution in [1.82, 2.24) is 4.90 Å². The lowest BCUT2D eigenvalue weighted by molar-refractivity contribution is 0.297. The van der Waals surface area contributed by atoms with Gasteiger partial charge in [0.2, 0.25) is 0 Å². The van der Waals surface area contributed by atoms with E-state index in [9.17, 15) is 0 Å². The van der Waals surface area contributed by atoms with Crippen LogP contribution < -0.4 is 14.8 Å². The van der Waals surface area contributed by atoms with Gasteiger partial charge in [0, 0.05) is 17.3 Å². The van der Waals surface area contributed by atoms with Crippen molar-refractivity contribution in [2.75, 3.05) is 21.2 Å². The molecule has 0 saturated carbocycles. The summed E-state index contributed by atoms with van der Waals surface area (Å²) in [6, 6.07) is 23.6. The maximum Gasteiger partial charge on any atom is 0.124 e. The van der Waals surface area contributed by atoms with Gasteiger partial charge in [-0.3, -0.25) is 0 Å². The van der Waals surface area contributed by atoms with Crippen LogP contribution in [-0.4, -0.2) is 26.1 Å². The van der Waals surface area contributed by atoms with Crippen LogP contribution >= 0.6 is 8.58 Å². The van der Waals surface area contributed by atoms with Gasteiger partial charge in [-0.2, -0.15) is 0 Å². The molecule has 0 aliphatic heterocycles. The Balaban J connectivity index is 2.02. The predicted octanol–water partition coefficient (Wildman–Crippen LogP) is 6.66. The maximum absolute atomic E-state index is 6.42. The van der Waals surface area contributed by atoms with Crippen molar-refractivity contribution in [3.05, 3.63) is 89.0 Å². The van der Waals surface area contributed by atoms with E-state index in [1.165, 1.54) is 27.6 Å². The summed E-state index contributed by atoms with van der Waals surface area (Å²) in [7, 11) is 6.65. The van der Waals surface area contributed by atoms with Crippen LogP contribution in [0.3, 0.4) is 0 Å². The van der Waals surface area contributed by atoms with Crippen LogP contribution in [0.1, 0.15) is 48.9 Å². The summed E-state index contributed by atoms with van der Waals surface area (Å²) >= 11 is 0. The number of hydrogen-bond acceptors (Lipinski definition) is 3. The van der Waals surface area contributed by atoms with E-state index in [0.717, 1.165) is 30.9 Å². The smallest absolute Gasteiger partial charge is 0.124 e. The molecule has 3 aromatic rings. The van der Waals surface area contributed by atoms with Gasteiger partial charge >= 0.3 is 0 Å². The Morgan fingerprint density at radius 1 is 0.909 bits per heavy atom. The molecule has 0 amide bonds. The normalized spacial score (nSPS) is 12.0. The maximum atomic E-state index is 6.42. The topological polar surface area (TPSA) is 21.7 Å². The van der Waals surface area contributed by atoms with Gasteiger partial charge in [0.15, 0.2) is 0 Å². The molecule has 0 saturated heterocycles. The molecule has 3 rings (SSSR count). The molecule has 0 bridgehead atoms. The molecule has 0 aliphatic rings. The van der Waals surface area contributed by atoms with E-state index in [1.807, 2.05) is 12.1 Å². The second kappa shape index (κ2) is 11.7. The number of benzene rings is 3. The van der Waals surface area contributed by atoms with Gasteiger partial charge < -0.3 is 14.4 Å². The van der Waals surface area contributed by atoms with Gasteiger partial charge in [0.25, 0.3) is 0 Å². The lowest BCUT2D eigenvalue weighted by Crippen LogP contribution is -2.25. The minimum atomic E-state index is -0.0170. The average molecular weight is 464 g/mol. The molecule has 4 heteroatoms. The molecule has 176 valence electrons. The van der Waals surface area contributed by atoms with Gasteiger partial charge in [0.1, 0.15) is 18.1 Å². The first-order valence-corrected chi connectivity index (χ1v) is 12.8. The first-order valence-electron chi connectivity index (χ1n) is 11.8. The lowest BCUT2D eigenvalue weighted by Gasteiger charge is -2.35. The van der Waals surface area contributed by atoms with Crippen molar-refractivity contribution in [2.45, 2.75) is 51.9 Å². The van der Waals surface area contributed by atoms with Gasteiger partial charge in [-0.1, -0.05) is 76.5 Å². The molecule has 1 atom stereocenters. The zero-order valence-corrected chi connectivity index (χ0v) is 21.9. The van der Waals surface area contributed by atoms with Crippen LogP contribution in [0, 0.1) is 6.92 Å². The number of ether oxygens (including phenoxy) is 2. The molecule has 0 N–H and O–H groups in total. The average Bonchev–Trinajstić information content (AvgIpc) is 2.83. The second-order valence-electron chi connectivity index (χ2n) is 8.95. The first kappa shape index (κ1) is 25.3. The summed E-state index contributed by atoms with van der Waals surface area (Å²) in [4.78, 5) is 2.25. The number of rotatable bonds is 11. The highest BCUT2D eigenvalue weighted by Crippen LogP contribution is 2.51. The molecule has 0 aliphatic carbocycles.